The molecule has 0 aliphatic heterocycles. The van der Waals surface area contributed by atoms with Gasteiger partial charge in [-0.05, 0) is 37.0 Å². The third-order valence-corrected chi connectivity index (χ3v) is 3.28. The van der Waals surface area contributed by atoms with Crippen LogP contribution in [-0.2, 0) is 0 Å². The van der Waals surface area contributed by atoms with Gasteiger partial charge in [0.15, 0.2) is 0 Å². The van der Waals surface area contributed by atoms with E-state index in [0.29, 0.717) is 35.9 Å². The summed E-state index contributed by atoms with van der Waals surface area (Å²) in [5.74, 6) is 0.716. The molecule has 0 spiro atoms. The first-order chi connectivity index (χ1) is 9.62. The van der Waals surface area contributed by atoms with Gasteiger partial charge in [-0.3, -0.25) is 4.79 Å². The molecule has 0 radical (unpaired) electrons. The molecule has 0 aromatic heterocycles. The number of aliphatic hydroxyl groups excluding tert-OH is 1. The van der Waals surface area contributed by atoms with Crippen molar-refractivity contribution in [3.05, 3.63) is 23.8 Å². The molecule has 0 heterocycles. The fraction of sp³-hybridized carbons (Fsp3) is 0.533. The summed E-state index contributed by atoms with van der Waals surface area (Å²) >= 11 is 0. The number of nitrogen functional groups attached to an aromatic ring is 1. The Morgan fingerprint density at radius 2 is 2.20 bits per heavy atom. The summed E-state index contributed by atoms with van der Waals surface area (Å²) < 4.78 is 5.06. The van der Waals surface area contributed by atoms with Crippen LogP contribution in [0.2, 0.25) is 0 Å². The summed E-state index contributed by atoms with van der Waals surface area (Å²) in [7, 11) is 1.54. The van der Waals surface area contributed by atoms with Crippen molar-refractivity contribution in [1.82, 2.24) is 5.32 Å². The van der Waals surface area contributed by atoms with Crippen molar-refractivity contribution >= 4 is 11.6 Å². The van der Waals surface area contributed by atoms with Crippen LogP contribution in [-0.4, -0.2) is 31.3 Å². The van der Waals surface area contributed by atoms with E-state index in [2.05, 4.69) is 12.2 Å². The summed E-state index contributed by atoms with van der Waals surface area (Å²) in [4.78, 5) is 12.0. The van der Waals surface area contributed by atoms with Gasteiger partial charge in [0.2, 0.25) is 0 Å². The molecule has 1 atom stereocenters. The summed E-state index contributed by atoms with van der Waals surface area (Å²) in [5.41, 5.74) is 6.74. The van der Waals surface area contributed by atoms with E-state index in [1.165, 1.54) is 7.11 Å². The molecular weight excluding hydrogens is 256 g/mol. The quantitative estimate of drug-likeness (QED) is 0.634. The first kappa shape index (κ1) is 16.3. The number of anilines is 1. The van der Waals surface area contributed by atoms with Crippen molar-refractivity contribution in [2.75, 3.05) is 26.0 Å². The lowest BCUT2D eigenvalue weighted by Gasteiger charge is -2.16. The first-order valence-electron chi connectivity index (χ1n) is 6.94. The predicted molar refractivity (Wildman–Crippen MR) is 79.8 cm³/mol. The molecule has 1 aromatic rings. The number of nitrogens with two attached hydrogens (primary N) is 1. The van der Waals surface area contributed by atoms with E-state index in [1.807, 2.05) is 0 Å². The highest BCUT2D eigenvalue weighted by molar-refractivity contribution is 5.95. The van der Waals surface area contributed by atoms with E-state index in [1.54, 1.807) is 18.2 Å². The Hall–Kier alpha value is -1.75. The summed E-state index contributed by atoms with van der Waals surface area (Å²) in [6.07, 6.45) is 2.74. The third kappa shape index (κ3) is 4.74. The van der Waals surface area contributed by atoms with Crippen LogP contribution in [0.25, 0.3) is 0 Å². The van der Waals surface area contributed by atoms with Crippen LogP contribution in [0.3, 0.4) is 0 Å². The maximum Gasteiger partial charge on any atom is 0.251 e. The lowest BCUT2D eigenvalue weighted by molar-refractivity contribution is 0.0943. The number of methoxy groups -OCH3 is 1. The Morgan fingerprint density at radius 3 is 2.75 bits per heavy atom. The van der Waals surface area contributed by atoms with E-state index in [-0.39, 0.29) is 12.5 Å². The normalized spacial score (nSPS) is 11.9. The van der Waals surface area contributed by atoms with E-state index in [0.717, 1.165) is 12.8 Å². The monoisotopic (exact) mass is 280 g/mol. The van der Waals surface area contributed by atoms with Crippen LogP contribution < -0.4 is 15.8 Å². The van der Waals surface area contributed by atoms with Gasteiger partial charge in [-0.25, -0.2) is 0 Å². The van der Waals surface area contributed by atoms with Crippen molar-refractivity contribution in [1.29, 1.82) is 0 Å². The van der Waals surface area contributed by atoms with Crippen LogP contribution in [0.5, 0.6) is 5.75 Å². The van der Waals surface area contributed by atoms with Crippen LogP contribution in [0.4, 0.5) is 5.69 Å². The van der Waals surface area contributed by atoms with Gasteiger partial charge in [0.05, 0.1) is 12.8 Å². The van der Waals surface area contributed by atoms with Gasteiger partial charge in [-0.1, -0.05) is 13.3 Å². The number of hydrogen-bond donors (Lipinski definition) is 3. The zero-order valence-electron chi connectivity index (χ0n) is 12.2. The van der Waals surface area contributed by atoms with Crippen molar-refractivity contribution in [3.63, 3.8) is 0 Å². The van der Waals surface area contributed by atoms with E-state index in [9.17, 15) is 4.79 Å². The van der Waals surface area contributed by atoms with E-state index in [4.69, 9.17) is 15.6 Å². The van der Waals surface area contributed by atoms with Crippen molar-refractivity contribution < 1.29 is 14.6 Å². The van der Waals surface area contributed by atoms with Crippen molar-refractivity contribution in [2.24, 2.45) is 5.92 Å². The molecule has 0 saturated heterocycles. The molecule has 112 valence electrons. The second-order valence-corrected chi connectivity index (χ2v) is 4.83. The zero-order valence-corrected chi connectivity index (χ0v) is 12.2. The molecule has 1 rings (SSSR count). The highest BCUT2D eigenvalue weighted by atomic mass is 16.5. The topological polar surface area (TPSA) is 84.6 Å². The van der Waals surface area contributed by atoms with Crippen LogP contribution in [0.15, 0.2) is 18.2 Å². The minimum atomic E-state index is -0.154. The average Bonchev–Trinajstić information content (AvgIpc) is 2.44. The number of benzene rings is 1. The summed E-state index contributed by atoms with van der Waals surface area (Å²) in [6, 6.07) is 4.97. The summed E-state index contributed by atoms with van der Waals surface area (Å²) in [5, 5.41) is 11.9. The Labute approximate surface area is 120 Å². The third-order valence-electron chi connectivity index (χ3n) is 3.28. The van der Waals surface area contributed by atoms with Gasteiger partial charge in [0.1, 0.15) is 5.75 Å². The standard InChI is InChI=1S/C15H24N2O3/c1-3-4-11(7-8-18)10-17-15(19)12-5-6-14(20-2)13(16)9-12/h5-6,9,11,18H,3-4,7-8,10,16H2,1-2H3,(H,17,19). The minimum Gasteiger partial charge on any atom is -0.495 e. The molecule has 1 aromatic carbocycles. The largest absolute Gasteiger partial charge is 0.495 e. The maximum absolute atomic E-state index is 12.0. The Bertz CT molecular complexity index is 429. The van der Waals surface area contributed by atoms with Crippen LogP contribution in [0, 0.1) is 5.92 Å². The maximum atomic E-state index is 12.0. The lowest BCUT2D eigenvalue weighted by Crippen LogP contribution is -2.29. The van der Waals surface area contributed by atoms with Gasteiger partial charge < -0.3 is 20.9 Å². The molecule has 0 fully saturated rings. The molecule has 0 aliphatic rings. The summed E-state index contributed by atoms with van der Waals surface area (Å²) in [6.45, 7) is 2.81. The molecule has 1 unspecified atom stereocenters. The lowest BCUT2D eigenvalue weighted by atomic mass is 10.00. The average molecular weight is 280 g/mol. The second-order valence-electron chi connectivity index (χ2n) is 4.83. The molecule has 4 N–H and O–H groups in total. The number of ether oxygens (including phenoxy) is 1. The predicted octanol–water partition coefficient (Wildman–Crippen LogP) is 1.81. The van der Waals surface area contributed by atoms with Crippen molar-refractivity contribution in [3.8, 4) is 5.75 Å². The Morgan fingerprint density at radius 1 is 1.45 bits per heavy atom. The molecule has 5 heteroatoms. The minimum absolute atomic E-state index is 0.149. The number of nitrogens with one attached hydrogen (secondary N) is 1. The van der Waals surface area contributed by atoms with Gasteiger partial charge in [0.25, 0.3) is 5.91 Å². The number of hydrogen-bond acceptors (Lipinski definition) is 4. The van der Waals surface area contributed by atoms with Gasteiger partial charge in [0, 0.05) is 18.7 Å². The van der Waals surface area contributed by atoms with E-state index >= 15 is 0 Å². The van der Waals surface area contributed by atoms with Crippen molar-refractivity contribution in [2.45, 2.75) is 26.2 Å². The molecule has 0 aliphatic carbocycles. The molecule has 20 heavy (non-hydrogen) atoms. The van der Waals surface area contributed by atoms with Gasteiger partial charge in [-0.15, -0.1) is 0 Å². The zero-order chi connectivity index (χ0) is 15.0. The second kappa shape index (κ2) is 8.43. The fourth-order valence-electron chi connectivity index (χ4n) is 2.15. The Kier molecular flexibility index (Phi) is 6.87. The molecule has 0 saturated carbocycles. The Balaban J connectivity index is 2.59. The van der Waals surface area contributed by atoms with Crippen LogP contribution >= 0.6 is 0 Å². The van der Waals surface area contributed by atoms with E-state index < -0.39 is 0 Å². The number of carbonyl (C=O) groups excluding carboxylic acids is 1. The number of aliphatic hydroxyl groups is 1. The number of amides is 1. The van der Waals surface area contributed by atoms with Gasteiger partial charge >= 0.3 is 0 Å². The first-order valence-corrected chi connectivity index (χ1v) is 6.94. The highest BCUT2D eigenvalue weighted by Crippen LogP contribution is 2.21. The molecular formula is C15H24N2O3. The molecule has 5 nitrogen and oxygen atoms in total. The molecule has 1 amide bonds. The smallest absolute Gasteiger partial charge is 0.251 e. The van der Waals surface area contributed by atoms with Crippen LogP contribution in [0.1, 0.15) is 36.5 Å². The number of carbonyl (C=O) groups is 1. The highest BCUT2D eigenvalue weighted by Gasteiger charge is 2.12. The van der Waals surface area contributed by atoms with Gasteiger partial charge in [-0.2, -0.15) is 0 Å². The molecule has 0 bridgehead atoms. The SMILES string of the molecule is CCCC(CCO)CNC(=O)c1ccc(OC)c(N)c1. The fourth-order valence-corrected chi connectivity index (χ4v) is 2.15. The number of rotatable bonds is 8.